The molecule has 0 unspecified atom stereocenters. The lowest BCUT2D eigenvalue weighted by atomic mass is 9.58. The molecule has 1 saturated heterocycles. The van der Waals surface area contributed by atoms with Gasteiger partial charge < -0.3 is 15.2 Å². The van der Waals surface area contributed by atoms with E-state index in [0.29, 0.717) is 30.6 Å². The molecule has 1 aliphatic heterocycles. The normalized spacial score (nSPS) is 37.3. The van der Waals surface area contributed by atoms with E-state index in [-0.39, 0.29) is 28.9 Å². The highest BCUT2D eigenvalue weighted by Crippen LogP contribution is 2.70. The third kappa shape index (κ3) is 2.49. The highest BCUT2D eigenvalue weighted by atomic mass is 16.5. The van der Waals surface area contributed by atoms with Gasteiger partial charge in [0.15, 0.2) is 0 Å². The minimum atomic E-state index is -0.0726. The van der Waals surface area contributed by atoms with E-state index in [1.807, 2.05) is 18.2 Å². The van der Waals surface area contributed by atoms with E-state index in [4.69, 9.17) is 4.74 Å². The van der Waals surface area contributed by atoms with E-state index in [2.05, 4.69) is 26.1 Å². The largest absolute Gasteiger partial charge is 0.508 e. The van der Waals surface area contributed by atoms with E-state index in [9.17, 15) is 9.90 Å². The summed E-state index contributed by atoms with van der Waals surface area (Å²) in [6.07, 6.45) is 4.68. The predicted molar refractivity (Wildman–Crippen MR) is 101 cm³/mol. The second-order valence-corrected chi connectivity index (χ2v) is 9.15. The molecule has 3 aliphatic rings. The summed E-state index contributed by atoms with van der Waals surface area (Å²) < 4.78 is 6.20. The number of amides is 1. The number of nitrogens with one attached hydrogen (secondary N) is 1. The molecule has 26 heavy (non-hydrogen) atoms. The monoisotopic (exact) mass is 357 g/mol. The number of carbonyl (C=O) groups is 1. The number of carbonyl (C=O) groups excluding carboxylic acids is 1. The van der Waals surface area contributed by atoms with Gasteiger partial charge in [-0.25, -0.2) is 0 Å². The third-order valence-electron chi connectivity index (χ3n) is 7.53. The van der Waals surface area contributed by atoms with Crippen LogP contribution < -0.4 is 5.32 Å². The Hall–Kier alpha value is -1.55. The quantitative estimate of drug-likeness (QED) is 0.849. The van der Waals surface area contributed by atoms with Crippen molar-refractivity contribution in [3.05, 3.63) is 29.8 Å². The van der Waals surface area contributed by atoms with Crippen LogP contribution in [-0.2, 0) is 9.53 Å². The molecule has 1 amide bonds. The molecule has 2 aliphatic carbocycles. The van der Waals surface area contributed by atoms with Crippen LogP contribution in [0.5, 0.6) is 5.75 Å². The number of aromatic hydroxyl groups is 1. The van der Waals surface area contributed by atoms with Gasteiger partial charge in [0.25, 0.3) is 0 Å². The van der Waals surface area contributed by atoms with Crippen LogP contribution in [0.3, 0.4) is 0 Å². The van der Waals surface area contributed by atoms with Crippen LogP contribution in [0.15, 0.2) is 24.3 Å². The maximum absolute atomic E-state index is 12.5. The summed E-state index contributed by atoms with van der Waals surface area (Å²) in [7, 11) is 0. The van der Waals surface area contributed by atoms with E-state index in [0.717, 1.165) is 31.2 Å². The highest BCUT2D eigenvalue weighted by molar-refractivity contribution is 5.76. The molecular weight excluding hydrogens is 326 g/mol. The maximum Gasteiger partial charge on any atom is 0.220 e. The summed E-state index contributed by atoms with van der Waals surface area (Å²) in [5, 5.41) is 13.8. The lowest BCUT2D eigenvalue weighted by Gasteiger charge is -2.53. The van der Waals surface area contributed by atoms with Crippen LogP contribution in [0.2, 0.25) is 0 Å². The van der Waals surface area contributed by atoms with Crippen LogP contribution in [0.25, 0.3) is 0 Å². The van der Waals surface area contributed by atoms with Crippen molar-refractivity contribution < 1.29 is 14.6 Å². The summed E-state index contributed by atoms with van der Waals surface area (Å²) in [6, 6.07) is 7.75. The number of phenols is 1. The van der Waals surface area contributed by atoms with Gasteiger partial charge in [0.1, 0.15) is 5.75 Å². The SMILES string of the molecule is CCCC(=O)N[C@H]1C(C)(C)[C@@H]2C[C@@H]3[C@@H](c4ccccc4O)OCC[C@@]31C2. The fourth-order valence-corrected chi connectivity index (χ4v) is 6.28. The van der Waals surface area contributed by atoms with Gasteiger partial charge in [-0.1, -0.05) is 39.0 Å². The van der Waals surface area contributed by atoms with Crippen molar-refractivity contribution in [2.45, 2.75) is 65.0 Å². The number of fused-ring (bicyclic) bond motifs is 1. The summed E-state index contributed by atoms with van der Waals surface area (Å²) in [4.78, 5) is 12.5. The average molecular weight is 357 g/mol. The number of ether oxygens (including phenoxy) is 1. The number of para-hydroxylation sites is 1. The molecule has 4 nitrogen and oxygen atoms in total. The van der Waals surface area contributed by atoms with Gasteiger partial charge >= 0.3 is 0 Å². The molecule has 4 heteroatoms. The molecule has 2 N–H and O–H groups in total. The number of phenolic OH excluding ortho intramolecular Hbond substituents is 1. The Balaban J connectivity index is 1.68. The first-order valence-corrected chi connectivity index (χ1v) is 10.1. The van der Waals surface area contributed by atoms with Crippen molar-refractivity contribution in [2.24, 2.45) is 22.7 Å². The van der Waals surface area contributed by atoms with E-state index in [1.165, 1.54) is 0 Å². The van der Waals surface area contributed by atoms with Crippen LogP contribution in [-0.4, -0.2) is 23.7 Å². The van der Waals surface area contributed by atoms with Gasteiger partial charge in [0.2, 0.25) is 5.91 Å². The van der Waals surface area contributed by atoms with E-state index >= 15 is 0 Å². The van der Waals surface area contributed by atoms with E-state index < -0.39 is 0 Å². The van der Waals surface area contributed by atoms with Gasteiger partial charge in [0.05, 0.1) is 6.10 Å². The zero-order valence-corrected chi connectivity index (χ0v) is 16.1. The van der Waals surface area contributed by atoms with Crippen molar-refractivity contribution in [3.63, 3.8) is 0 Å². The van der Waals surface area contributed by atoms with Crippen molar-refractivity contribution >= 4 is 5.91 Å². The summed E-state index contributed by atoms with van der Waals surface area (Å²) >= 11 is 0. The zero-order chi connectivity index (χ0) is 18.5. The van der Waals surface area contributed by atoms with Crippen molar-refractivity contribution in [1.82, 2.24) is 5.32 Å². The van der Waals surface area contributed by atoms with Crippen LogP contribution in [0.4, 0.5) is 0 Å². The first-order valence-electron chi connectivity index (χ1n) is 10.1. The average Bonchev–Trinajstić information content (AvgIpc) is 3.09. The molecule has 1 aromatic rings. The Morgan fingerprint density at radius 1 is 1.35 bits per heavy atom. The lowest BCUT2D eigenvalue weighted by molar-refractivity contribution is -0.137. The zero-order valence-electron chi connectivity index (χ0n) is 16.1. The van der Waals surface area contributed by atoms with Crippen LogP contribution in [0, 0.1) is 22.7 Å². The van der Waals surface area contributed by atoms with Crippen LogP contribution in [0.1, 0.15) is 64.5 Å². The Kier molecular flexibility index (Phi) is 4.30. The first-order chi connectivity index (χ1) is 12.4. The first kappa shape index (κ1) is 17.8. The Bertz CT molecular complexity index is 700. The second-order valence-electron chi connectivity index (χ2n) is 9.15. The summed E-state index contributed by atoms with van der Waals surface area (Å²) in [5.41, 5.74) is 1.10. The molecule has 142 valence electrons. The second kappa shape index (κ2) is 6.26. The molecule has 3 fully saturated rings. The summed E-state index contributed by atoms with van der Waals surface area (Å²) in [5.74, 6) is 1.45. The van der Waals surface area contributed by atoms with Gasteiger partial charge in [-0.3, -0.25) is 4.79 Å². The molecular formula is C22H31NO3. The number of hydrogen-bond donors (Lipinski definition) is 2. The third-order valence-corrected chi connectivity index (χ3v) is 7.53. The molecule has 5 atom stereocenters. The molecule has 0 radical (unpaired) electrons. The molecule has 1 spiro atoms. The Morgan fingerprint density at radius 2 is 2.12 bits per heavy atom. The molecule has 1 aromatic carbocycles. The van der Waals surface area contributed by atoms with Crippen molar-refractivity contribution in [3.8, 4) is 5.75 Å². The number of rotatable bonds is 4. The van der Waals surface area contributed by atoms with Crippen molar-refractivity contribution in [1.29, 1.82) is 0 Å². The highest BCUT2D eigenvalue weighted by Gasteiger charge is 2.68. The fraction of sp³-hybridized carbons (Fsp3) is 0.682. The summed E-state index contributed by atoms with van der Waals surface area (Å²) in [6.45, 7) is 7.39. The Labute approximate surface area is 156 Å². The van der Waals surface area contributed by atoms with Gasteiger partial charge in [-0.15, -0.1) is 0 Å². The molecule has 2 saturated carbocycles. The van der Waals surface area contributed by atoms with Crippen molar-refractivity contribution in [2.75, 3.05) is 6.61 Å². The molecule has 1 heterocycles. The Morgan fingerprint density at radius 3 is 2.85 bits per heavy atom. The topological polar surface area (TPSA) is 58.6 Å². The smallest absolute Gasteiger partial charge is 0.220 e. The predicted octanol–water partition coefficient (Wildman–Crippen LogP) is 4.19. The minimum absolute atomic E-state index is 0.0726. The number of benzene rings is 1. The van der Waals surface area contributed by atoms with Gasteiger partial charge in [-0.2, -0.15) is 0 Å². The maximum atomic E-state index is 12.5. The van der Waals surface area contributed by atoms with Gasteiger partial charge in [-0.05, 0) is 54.4 Å². The molecule has 0 aromatic heterocycles. The lowest BCUT2D eigenvalue weighted by Crippen LogP contribution is -2.58. The van der Waals surface area contributed by atoms with E-state index in [1.54, 1.807) is 6.07 Å². The molecule has 2 bridgehead atoms. The standard InChI is InChI=1S/C22H31NO3/c1-4-7-18(25)23-20-21(2,3)14-12-16-19(15-8-5-6-9-17(15)24)26-11-10-22(16,20)13-14/h5-6,8-9,14,16,19-20,24H,4,7,10-13H2,1-3H3,(H,23,25)/t14-,16-,19-,20+,22-/m1/s1. The number of hydrogen-bond acceptors (Lipinski definition) is 3. The van der Waals surface area contributed by atoms with Crippen LogP contribution >= 0.6 is 0 Å². The molecule has 4 rings (SSSR count). The fourth-order valence-electron chi connectivity index (χ4n) is 6.28. The minimum Gasteiger partial charge on any atom is -0.508 e. The van der Waals surface area contributed by atoms with Gasteiger partial charge in [0, 0.05) is 24.6 Å².